The molecule has 3 aromatic rings. The first kappa shape index (κ1) is 20.5. The highest BCUT2D eigenvalue weighted by atomic mass is 32.2. The van der Waals surface area contributed by atoms with E-state index in [0.29, 0.717) is 11.3 Å². The van der Waals surface area contributed by atoms with Crippen LogP contribution in [-0.4, -0.2) is 33.0 Å². The number of nitrogens with one attached hydrogen (secondary N) is 1. The van der Waals surface area contributed by atoms with Crippen LogP contribution in [0.25, 0.3) is 0 Å². The Balaban J connectivity index is 1.82. The fraction of sp³-hybridized carbons (Fsp3) is 0.182. The van der Waals surface area contributed by atoms with Gasteiger partial charge in [-0.3, -0.25) is 9.78 Å². The molecule has 1 atom stereocenters. The van der Waals surface area contributed by atoms with Gasteiger partial charge < -0.3 is 10.1 Å². The van der Waals surface area contributed by atoms with Crippen LogP contribution in [-0.2, 0) is 21.1 Å². The molecule has 0 aliphatic carbocycles. The van der Waals surface area contributed by atoms with Crippen LogP contribution in [0, 0.1) is 0 Å². The third-order valence-electron chi connectivity index (χ3n) is 4.51. The Hall–Kier alpha value is -3.19. The van der Waals surface area contributed by atoms with E-state index in [1.807, 2.05) is 30.3 Å². The number of hydrogen-bond acceptors (Lipinski definition) is 5. The molecular weight excluding hydrogens is 388 g/mol. The smallest absolute Gasteiger partial charge is 0.224 e. The summed E-state index contributed by atoms with van der Waals surface area (Å²) in [6.07, 6.45) is 3.27. The zero-order valence-electron chi connectivity index (χ0n) is 16.0. The molecule has 6 nitrogen and oxygen atoms in total. The third-order valence-corrected chi connectivity index (χ3v) is 6.63. The van der Waals surface area contributed by atoms with E-state index in [0.717, 1.165) is 5.56 Å². The van der Waals surface area contributed by atoms with Crippen molar-refractivity contribution in [3.63, 3.8) is 0 Å². The van der Waals surface area contributed by atoms with Gasteiger partial charge in [-0.25, -0.2) is 8.42 Å². The maximum Gasteiger partial charge on any atom is 0.224 e. The number of methoxy groups -OCH3 is 1. The third kappa shape index (κ3) is 5.20. The van der Waals surface area contributed by atoms with Gasteiger partial charge in [-0.2, -0.15) is 0 Å². The highest BCUT2D eigenvalue weighted by Gasteiger charge is 2.30. The minimum Gasteiger partial charge on any atom is -0.497 e. The summed E-state index contributed by atoms with van der Waals surface area (Å²) in [5.74, 6) is 0.327. The predicted molar refractivity (Wildman–Crippen MR) is 110 cm³/mol. The van der Waals surface area contributed by atoms with Crippen molar-refractivity contribution < 1.29 is 17.9 Å². The lowest BCUT2D eigenvalue weighted by molar-refractivity contribution is -0.120. The summed E-state index contributed by atoms with van der Waals surface area (Å²) in [4.78, 5) is 16.6. The Morgan fingerprint density at radius 3 is 2.38 bits per heavy atom. The molecule has 1 amide bonds. The van der Waals surface area contributed by atoms with E-state index in [1.54, 1.807) is 30.5 Å². The number of ether oxygens (including phenoxy) is 1. The number of nitrogens with zero attached hydrogens (tertiary/aromatic N) is 1. The lowest BCUT2D eigenvalue weighted by atomic mass is 10.1. The molecule has 0 spiro atoms. The highest BCUT2D eigenvalue weighted by molar-refractivity contribution is 7.91. The van der Waals surface area contributed by atoms with Crippen LogP contribution in [0.2, 0.25) is 0 Å². The second-order valence-corrected chi connectivity index (χ2v) is 8.59. The van der Waals surface area contributed by atoms with Gasteiger partial charge >= 0.3 is 0 Å². The van der Waals surface area contributed by atoms with Crippen LogP contribution in [0.5, 0.6) is 5.75 Å². The predicted octanol–water partition coefficient (Wildman–Crippen LogP) is 2.96. The fourth-order valence-electron chi connectivity index (χ4n) is 2.95. The van der Waals surface area contributed by atoms with Crippen molar-refractivity contribution in [2.24, 2.45) is 0 Å². The van der Waals surface area contributed by atoms with Crippen molar-refractivity contribution in [3.05, 3.63) is 90.3 Å². The molecule has 1 N–H and O–H groups in total. The standard InChI is InChI=1S/C22H22N2O4S/c1-28-19-9-11-20(12-10-19)29(26,27)21(18-8-5-13-23-15-18)16-24-22(25)14-17-6-3-2-4-7-17/h2-13,15,21H,14,16H2,1H3,(H,24,25)/t21-/m0/s1. The van der Waals surface area contributed by atoms with Gasteiger partial charge in [0.25, 0.3) is 0 Å². The number of aromatic nitrogens is 1. The Bertz CT molecular complexity index is 1040. The van der Waals surface area contributed by atoms with Gasteiger partial charge in [-0.15, -0.1) is 0 Å². The molecule has 0 fully saturated rings. The van der Waals surface area contributed by atoms with Crippen LogP contribution in [0.3, 0.4) is 0 Å². The second-order valence-electron chi connectivity index (χ2n) is 6.46. The van der Waals surface area contributed by atoms with Crippen LogP contribution in [0.1, 0.15) is 16.4 Å². The topological polar surface area (TPSA) is 85.4 Å². The van der Waals surface area contributed by atoms with E-state index >= 15 is 0 Å². The average molecular weight is 410 g/mol. The number of pyridine rings is 1. The van der Waals surface area contributed by atoms with Crippen LogP contribution in [0.15, 0.2) is 84.0 Å². The number of sulfone groups is 1. The number of carbonyl (C=O) groups excluding carboxylic acids is 1. The largest absolute Gasteiger partial charge is 0.497 e. The van der Waals surface area contributed by atoms with Crippen molar-refractivity contribution in [2.45, 2.75) is 16.6 Å². The monoisotopic (exact) mass is 410 g/mol. The first-order valence-electron chi connectivity index (χ1n) is 9.09. The summed E-state index contributed by atoms with van der Waals surface area (Å²) in [5.41, 5.74) is 1.38. The summed E-state index contributed by atoms with van der Waals surface area (Å²) in [7, 11) is -2.24. The van der Waals surface area contributed by atoms with Crippen LogP contribution < -0.4 is 10.1 Å². The van der Waals surface area contributed by atoms with E-state index in [9.17, 15) is 13.2 Å². The zero-order valence-corrected chi connectivity index (χ0v) is 16.8. The molecule has 2 aromatic carbocycles. The Morgan fingerprint density at radius 2 is 1.76 bits per heavy atom. The Morgan fingerprint density at radius 1 is 1.03 bits per heavy atom. The Labute approximate surface area is 170 Å². The zero-order chi connectivity index (χ0) is 20.7. The first-order valence-corrected chi connectivity index (χ1v) is 10.6. The number of benzene rings is 2. The summed E-state index contributed by atoms with van der Waals surface area (Å²) in [6, 6.07) is 18.9. The minimum atomic E-state index is -3.76. The van der Waals surface area contributed by atoms with Gasteiger partial charge in [-0.05, 0) is 41.5 Å². The van der Waals surface area contributed by atoms with E-state index in [1.165, 1.54) is 25.4 Å². The van der Waals surface area contributed by atoms with Crippen molar-refractivity contribution in [1.29, 1.82) is 0 Å². The molecule has 0 aliphatic heterocycles. The molecule has 0 saturated heterocycles. The second kappa shape index (κ2) is 9.34. The Kier molecular flexibility index (Phi) is 6.61. The van der Waals surface area contributed by atoms with E-state index in [2.05, 4.69) is 10.3 Å². The van der Waals surface area contributed by atoms with Gasteiger partial charge in [0.2, 0.25) is 5.91 Å². The van der Waals surface area contributed by atoms with Gasteiger partial charge in [-0.1, -0.05) is 36.4 Å². The molecule has 1 heterocycles. The number of carbonyl (C=O) groups is 1. The van der Waals surface area contributed by atoms with E-state index in [-0.39, 0.29) is 23.8 Å². The molecule has 0 unspecified atom stereocenters. The van der Waals surface area contributed by atoms with Crippen molar-refractivity contribution >= 4 is 15.7 Å². The molecule has 0 bridgehead atoms. The van der Waals surface area contributed by atoms with Crippen LogP contribution in [0.4, 0.5) is 0 Å². The SMILES string of the molecule is COc1ccc(S(=O)(=O)[C@@H](CNC(=O)Cc2ccccc2)c2cccnc2)cc1. The lowest BCUT2D eigenvalue weighted by Gasteiger charge is -2.19. The lowest BCUT2D eigenvalue weighted by Crippen LogP contribution is -2.33. The average Bonchev–Trinajstić information content (AvgIpc) is 2.75. The fourth-order valence-corrected chi connectivity index (χ4v) is 4.60. The summed E-state index contributed by atoms with van der Waals surface area (Å²) < 4.78 is 31.7. The van der Waals surface area contributed by atoms with E-state index < -0.39 is 15.1 Å². The molecule has 0 aliphatic rings. The van der Waals surface area contributed by atoms with Crippen molar-refractivity contribution in [2.75, 3.05) is 13.7 Å². The number of rotatable bonds is 8. The van der Waals surface area contributed by atoms with Gasteiger partial charge in [0.1, 0.15) is 11.0 Å². The summed E-state index contributed by atoms with van der Waals surface area (Å²) in [6.45, 7) is -0.0499. The van der Waals surface area contributed by atoms with E-state index in [4.69, 9.17) is 4.74 Å². The molecule has 3 rings (SSSR count). The number of amides is 1. The molecular formula is C22H22N2O4S. The molecule has 0 saturated carbocycles. The van der Waals surface area contributed by atoms with Gasteiger partial charge in [0.15, 0.2) is 9.84 Å². The first-order chi connectivity index (χ1) is 14.0. The van der Waals surface area contributed by atoms with Gasteiger partial charge in [0, 0.05) is 18.9 Å². The molecule has 150 valence electrons. The van der Waals surface area contributed by atoms with Crippen molar-refractivity contribution in [1.82, 2.24) is 10.3 Å². The normalized spacial score (nSPS) is 12.2. The maximum absolute atomic E-state index is 13.3. The number of hydrogen-bond donors (Lipinski definition) is 1. The van der Waals surface area contributed by atoms with Crippen molar-refractivity contribution in [3.8, 4) is 5.75 Å². The van der Waals surface area contributed by atoms with Gasteiger partial charge in [0.05, 0.1) is 18.4 Å². The highest BCUT2D eigenvalue weighted by Crippen LogP contribution is 2.29. The molecule has 29 heavy (non-hydrogen) atoms. The summed E-state index contributed by atoms with van der Waals surface area (Å²) >= 11 is 0. The summed E-state index contributed by atoms with van der Waals surface area (Å²) in [5, 5.41) is 1.80. The molecule has 7 heteroatoms. The maximum atomic E-state index is 13.3. The van der Waals surface area contributed by atoms with Crippen LogP contribution >= 0.6 is 0 Å². The molecule has 0 radical (unpaired) electrons. The molecule has 1 aromatic heterocycles. The minimum absolute atomic E-state index is 0.0499. The quantitative estimate of drug-likeness (QED) is 0.617.